The van der Waals surface area contributed by atoms with Gasteiger partial charge in [0.05, 0.1) is 24.7 Å². The molecule has 0 bridgehead atoms. The Morgan fingerprint density at radius 2 is 2.17 bits per heavy atom. The largest absolute Gasteiger partial charge is 0.466 e. The van der Waals surface area contributed by atoms with E-state index in [9.17, 15) is 9.18 Å². The number of halogens is 2. The van der Waals surface area contributed by atoms with Gasteiger partial charge in [0.15, 0.2) is 0 Å². The third kappa shape index (κ3) is 5.08. The average Bonchev–Trinajstić information content (AvgIpc) is 2.50. The summed E-state index contributed by atoms with van der Waals surface area (Å²) in [7, 11) is 1.21. The first kappa shape index (κ1) is 18.7. The Labute approximate surface area is 139 Å². The van der Waals surface area contributed by atoms with E-state index in [0.29, 0.717) is 11.3 Å². The Morgan fingerprint density at radius 1 is 1.52 bits per heavy atom. The fraction of sp³-hybridized carbons (Fsp3) is 0.312. The van der Waals surface area contributed by atoms with Gasteiger partial charge in [-0.2, -0.15) is 5.26 Å². The van der Waals surface area contributed by atoms with Gasteiger partial charge in [-0.1, -0.05) is 11.6 Å². The lowest BCUT2D eigenvalue weighted by Gasteiger charge is -2.14. The second-order valence-corrected chi connectivity index (χ2v) is 5.35. The molecule has 0 amide bonds. The van der Waals surface area contributed by atoms with Crippen molar-refractivity contribution >= 4 is 28.4 Å². The van der Waals surface area contributed by atoms with Crippen LogP contribution < -0.4 is 5.32 Å². The van der Waals surface area contributed by atoms with Crippen molar-refractivity contribution in [1.29, 1.82) is 5.26 Å². The van der Waals surface area contributed by atoms with Crippen LogP contribution in [0.2, 0.25) is 0 Å². The first-order chi connectivity index (χ1) is 10.8. The van der Waals surface area contributed by atoms with Crippen LogP contribution in [0.1, 0.15) is 19.4 Å². The number of aliphatic imine (C=N–C) groups is 1. The number of aryl methyl sites for hydroxylation is 1. The number of esters is 1. The Hall–Kier alpha value is -2.39. The SMILES string of the molecule is COC(=O)/C(=C(/N=C(C)Cl)Nc1ccc(F)c(C)c1)C(C)C#N. The van der Waals surface area contributed by atoms with Gasteiger partial charge < -0.3 is 10.1 Å². The molecule has 0 saturated carbocycles. The summed E-state index contributed by atoms with van der Waals surface area (Å²) in [5.74, 6) is -1.73. The lowest BCUT2D eigenvalue weighted by molar-refractivity contribution is -0.136. The molecule has 23 heavy (non-hydrogen) atoms. The molecule has 1 rings (SSSR count). The number of carbonyl (C=O) groups is 1. The summed E-state index contributed by atoms with van der Waals surface area (Å²) >= 11 is 5.82. The van der Waals surface area contributed by atoms with Gasteiger partial charge in [-0.15, -0.1) is 0 Å². The number of anilines is 1. The number of hydrogen-bond donors (Lipinski definition) is 1. The minimum absolute atomic E-state index is 0.0389. The maximum atomic E-state index is 13.4. The zero-order chi connectivity index (χ0) is 17.6. The first-order valence-corrected chi connectivity index (χ1v) is 7.14. The molecule has 0 aromatic heterocycles. The Kier molecular flexibility index (Phi) is 6.73. The summed E-state index contributed by atoms with van der Waals surface area (Å²) in [6.45, 7) is 4.69. The van der Waals surface area contributed by atoms with E-state index in [1.807, 2.05) is 6.07 Å². The maximum absolute atomic E-state index is 13.4. The topological polar surface area (TPSA) is 74.5 Å². The predicted octanol–water partition coefficient (Wildman–Crippen LogP) is 3.75. The van der Waals surface area contributed by atoms with Crippen molar-refractivity contribution in [2.45, 2.75) is 20.8 Å². The van der Waals surface area contributed by atoms with E-state index in [1.54, 1.807) is 19.9 Å². The third-order valence-corrected chi connectivity index (χ3v) is 3.06. The number of rotatable bonds is 5. The monoisotopic (exact) mass is 337 g/mol. The molecule has 0 heterocycles. The lowest BCUT2D eigenvalue weighted by atomic mass is 10.0. The van der Waals surface area contributed by atoms with E-state index in [0.717, 1.165) is 0 Å². The highest BCUT2D eigenvalue weighted by molar-refractivity contribution is 6.64. The van der Waals surface area contributed by atoms with E-state index < -0.39 is 11.9 Å². The predicted molar refractivity (Wildman–Crippen MR) is 87.5 cm³/mol. The van der Waals surface area contributed by atoms with Crippen LogP contribution in [0.4, 0.5) is 10.1 Å². The van der Waals surface area contributed by atoms with E-state index in [-0.39, 0.29) is 22.4 Å². The van der Waals surface area contributed by atoms with E-state index in [2.05, 4.69) is 10.3 Å². The quantitative estimate of drug-likeness (QED) is 0.504. The summed E-state index contributed by atoms with van der Waals surface area (Å²) in [5, 5.41) is 12.2. The standard InChI is InChI=1S/C16H17ClFN3O2/c1-9-7-12(5-6-13(9)18)21-15(20-11(3)17)14(10(2)8-19)16(22)23-4/h5-7,10,21H,1-4H3/b15-14-,20-11?. The first-order valence-electron chi connectivity index (χ1n) is 6.76. The van der Waals surface area contributed by atoms with Crippen molar-refractivity contribution in [1.82, 2.24) is 0 Å². The molecule has 1 aromatic rings. The van der Waals surface area contributed by atoms with Crippen LogP contribution >= 0.6 is 11.6 Å². The highest BCUT2D eigenvalue weighted by Crippen LogP contribution is 2.22. The third-order valence-electron chi connectivity index (χ3n) is 2.97. The van der Waals surface area contributed by atoms with Gasteiger partial charge in [-0.25, -0.2) is 14.2 Å². The van der Waals surface area contributed by atoms with Crippen LogP contribution in [0, 0.1) is 30.0 Å². The fourth-order valence-electron chi connectivity index (χ4n) is 1.82. The molecule has 0 spiro atoms. The zero-order valence-corrected chi connectivity index (χ0v) is 14.0. The fourth-order valence-corrected chi connectivity index (χ4v) is 1.91. The molecular weight excluding hydrogens is 321 g/mol. The van der Waals surface area contributed by atoms with Crippen molar-refractivity contribution in [3.8, 4) is 6.07 Å². The van der Waals surface area contributed by atoms with Gasteiger partial charge in [-0.3, -0.25) is 0 Å². The van der Waals surface area contributed by atoms with Crippen LogP contribution in [0.5, 0.6) is 0 Å². The Morgan fingerprint density at radius 3 is 2.65 bits per heavy atom. The highest BCUT2D eigenvalue weighted by Gasteiger charge is 2.23. The molecule has 122 valence electrons. The molecule has 5 nitrogen and oxygen atoms in total. The van der Waals surface area contributed by atoms with Gasteiger partial charge in [0.2, 0.25) is 0 Å². The summed E-state index contributed by atoms with van der Waals surface area (Å²) in [5.41, 5.74) is 0.970. The molecule has 0 aliphatic heterocycles. The van der Waals surface area contributed by atoms with Gasteiger partial charge in [0.25, 0.3) is 0 Å². The second-order valence-electron chi connectivity index (χ2n) is 4.80. The van der Waals surface area contributed by atoms with Crippen molar-refractivity contribution in [2.24, 2.45) is 10.9 Å². The minimum atomic E-state index is -0.772. The van der Waals surface area contributed by atoms with E-state index in [4.69, 9.17) is 21.6 Å². The lowest BCUT2D eigenvalue weighted by Crippen LogP contribution is -2.17. The normalized spacial score (nSPS) is 13.7. The van der Waals surface area contributed by atoms with Gasteiger partial charge in [0, 0.05) is 5.69 Å². The van der Waals surface area contributed by atoms with E-state index in [1.165, 1.54) is 26.2 Å². The number of nitriles is 1. The molecule has 1 N–H and O–H groups in total. The number of nitrogens with one attached hydrogen (secondary N) is 1. The summed E-state index contributed by atoms with van der Waals surface area (Å²) in [6, 6.07) is 6.31. The Bertz CT molecular complexity index is 704. The molecule has 0 fully saturated rings. The van der Waals surface area contributed by atoms with Gasteiger partial charge in [0.1, 0.15) is 16.8 Å². The average molecular weight is 338 g/mol. The number of carbonyl (C=O) groups excluding carboxylic acids is 1. The minimum Gasteiger partial charge on any atom is -0.466 e. The molecule has 0 aliphatic rings. The number of ether oxygens (including phenoxy) is 1. The summed E-state index contributed by atoms with van der Waals surface area (Å²) in [6.07, 6.45) is 0. The smallest absolute Gasteiger partial charge is 0.338 e. The van der Waals surface area contributed by atoms with Crippen LogP contribution in [0.25, 0.3) is 0 Å². The highest BCUT2D eigenvalue weighted by atomic mass is 35.5. The van der Waals surface area contributed by atoms with Crippen molar-refractivity contribution in [3.05, 3.63) is 41.0 Å². The Balaban J connectivity index is 3.44. The number of nitrogens with zero attached hydrogens (tertiary/aromatic N) is 2. The molecular formula is C16H17ClFN3O2. The molecule has 0 aliphatic carbocycles. The molecule has 0 saturated heterocycles. The van der Waals surface area contributed by atoms with E-state index >= 15 is 0 Å². The zero-order valence-electron chi connectivity index (χ0n) is 13.3. The van der Waals surface area contributed by atoms with Crippen LogP contribution in [-0.4, -0.2) is 18.2 Å². The van der Waals surface area contributed by atoms with Crippen LogP contribution in [0.3, 0.4) is 0 Å². The van der Waals surface area contributed by atoms with Crippen LogP contribution in [-0.2, 0) is 9.53 Å². The molecule has 0 radical (unpaired) electrons. The summed E-state index contributed by atoms with van der Waals surface area (Å²) < 4.78 is 18.1. The van der Waals surface area contributed by atoms with Gasteiger partial charge in [-0.05, 0) is 44.5 Å². The number of methoxy groups -OCH3 is 1. The molecule has 1 unspecified atom stereocenters. The van der Waals surface area contributed by atoms with Crippen molar-refractivity contribution < 1.29 is 13.9 Å². The number of benzene rings is 1. The second kappa shape index (κ2) is 8.30. The van der Waals surface area contributed by atoms with Crippen molar-refractivity contribution in [2.75, 3.05) is 12.4 Å². The molecule has 1 atom stereocenters. The van der Waals surface area contributed by atoms with Crippen LogP contribution in [0.15, 0.2) is 34.6 Å². The van der Waals surface area contributed by atoms with Crippen molar-refractivity contribution in [3.63, 3.8) is 0 Å². The molecule has 1 aromatic carbocycles. The summed E-state index contributed by atoms with van der Waals surface area (Å²) in [4.78, 5) is 16.1. The maximum Gasteiger partial charge on any atom is 0.338 e. The molecule has 7 heteroatoms. The number of hydrogen-bond acceptors (Lipinski definition) is 5. The van der Waals surface area contributed by atoms with Gasteiger partial charge >= 0.3 is 5.97 Å².